The number of rotatable bonds is 7. The summed E-state index contributed by atoms with van der Waals surface area (Å²) in [7, 11) is 1.53. The van der Waals surface area contributed by atoms with Crippen molar-refractivity contribution in [3.8, 4) is 5.75 Å². The molecule has 0 aliphatic carbocycles. The number of aliphatic hydroxyl groups excluding tert-OH is 1. The number of nitrogens with one attached hydrogen (secondary N) is 2. The molecule has 0 fully saturated rings. The molecule has 2 unspecified atom stereocenters. The Bertz CT molecular complexity index is 815. The van der Waals surface area contributed by atoms with Crippen LogP contribution >= 0.6 is 0 Å². The molecule has 2 aromatic rings. The van der Waals surface area contributed by atoms with Crippen LogP contribution in [0.15, 0.2) is 48.5 Å². The highest BCUT2D eigenvalue weighted by Gasteiger charge is 2.25. The van der Waals surface area contributed by atoms with Gasteiger partial charge in [0.2, 0.25) is 0 Å². The van der Waals surface area contributed by atoms with E-state index in [-0.39, 0.29) is 11.3 Å². The molecule has 8 heteroatoms. The zero-order valence-corrected chi connectivity index (χ0v) is 14.8. The van der Waals surface area contributed by atoms with Gasteiger partial charge in [-0.1, -0.05) is 12.1 Å². The number of methoxy groups -OCH3 is 1. The molecule has 2 amide bonds. The topological polar surface area (TPSA) is 125 Å². The lowest BCUT2D eigenvalue weighted by Gasteiger charge is -2.19. The SMILES string of the molecule is COc1ccc(C(=O)c2ccc(C(=O)NC(C(=O)NO)C(C)O)cc2)cc1. The van der Waals surface area contributed by atoms with Gasteiger partial charge >= 0.3 is 0 Å². The fourth-order valence-corrected chi connectivity index (χ4v) is 2.38. The maximum atomic E-state index is 12.5. The highest BCUT2D eigenvalue weighted by Crippen LogP contribution is 2.15. The van der Waals surface area contributed by atoms with Crippen LogP contribution in [0.4, 0.5) is 0 Å². The highest BCUT2D eigenvalue weighted by atomic mass is 16.5. The quantitative estimate of drug-likeness (QED) is 0.325. The standard InChI is InChI=1S/C19H20N2O6/c1-11(22)16(19(25)21-26)20-18(24)14-5-3-12(4-6-14)17(23)13-7-9-15(27-2)10-8-13/h3-11,16,22,26H,1-2H3,(H,20,24)(H,21,25). The zero-order valence-electron chi connectivity index (χ0n) is 14.8. The Kier molecular flexibility index (Phi) is 6.64. The molecule has 0 aromatic heterocycles. The number of amides is 2. The zero-order chi connectivity index (χ0) is 20.0. The van der Waals surface area contributed by atoms with Gasteiger partial charge in [0.1, 0.15) is 11.8 Å². The number of benzene rings is 2. The molecule has 8 nitrogen and oxygen atoms in total. The van der Waals surface area contributed by atoms with Crippen LogP contribution in [0.3, 0.4) is 0 Å². The maximum Gasteiger partial charge on any atom is 0.268 e. The van der Waals surface area contributed by atoms with E-state index >= 15 is 0 Å². The molecule has 2 atom stereocenters. The number of hydrogen-bond donors (Lipinski definition) is 4. The number of carbonyl (C=O) groups is 3. The van der Waals surface area contributed by atoms with Gasteiger partial charge in [0.15, 0.2) is 5.78 Å². The van der Waals surface area contributed by atoms with Crippen molar-refractivity contribution in [3.05, 3.63) is 65.2 Å². The van der Waals surface area contributed by atoms with E-state index in [9.17, 15) is 19.5 Å². The molecule has 27 heavy (non-hydrogen) atoms. The number of hydrogen-bond acceptors (Lipinski definition) is 6. The van der Waals surface area contributed by atoms with Crippen LogP contribution in [0, 0.1) is 0 Å². The van der Waals surface area contributed by atoms with Gasteiger partial charge in [0.05, 0.1) is 13.2 Å². The van der Waals surface area contributed by atoms with Crippen molar-refractivity contribution >= 4 is 17.6 Å². The van der Waals surface area contributed by atoms with Crippen molar-refractivity contribution in [1.29, 1.82) is 0 Å². The van der Waals surface area contributed by atoms with Gasteiger partial charge < -0.3 is 15.2 Å². The van der Waals surface area contributed by atoms with E-state index in [1.165, 1.54) is 43.8 Å². The summed E-state index contributed by atoms with van der Waals surface area (Å²) in [4.78, 5) is 36.2. The van der Waals surface area contributed by atoms with Gasteiger partial charge in [-0.3, -0.25) is 19.6 Å². The molecule has 0 aliphatic rings. The van der Waals surface area contributed by atoms with Crippen molar-refractivity contribution in [2.24, 2.45) is 0 Å². The monoisotopic (exact) mass is 372 g/mol. The smallest absolute Gasteiger partial charge is 0.268 e. The van der Waals surface area contributed by atoms with Crippen LogP contribution < -0.4 is 15.5 Å². The summed E-state index contributed by atoms with van der Waals surface area (Å²) in [5.41, 5.74) is 2.44. The number of carbonyl (C=O) groups excluding carboxylic acids is 3. The third-order valence-electron chi connectivity index (χ3n) is 3.92. The normalized spacial score (nSPS) is 12.6. The fraction of sp³-hybridized carbons (Fsp3) is 0.211. The largest absolute Gasteiger partial charge is 0.497 e. The molecular weight excluding hydrogens is 352 g/mol. The Morgan fingerprint density at radius 3 is 1.85 bits per heavy atom. The molecule has 0 aliphatic heterocycles. The molecule has 0 heterocycles. The second kappa shape index (κ2) is 8.93. The Morgan fingerprint density at radius 2 is 1.41 bits per heavy atom. The predicted octanol–water partition coefficient (Wildman–Crippen LogP) is 0.911. The van der Waals surface area contributed by atoms with E-state index in [0.717, 1.165) is 0 Å². The summed E-state index contributed by atoms with van der Waals surface area (Å²) < 4.78 is 5.05. The van der Waals surface area contributed by atoms with Crippen LogP contribution in [0.25, 0.3) is 0 Å². The third kappa shape index (κ3) is 4.90. The van der Waals surface area contributed by atoms with Crippen molar-refractivity contribution in [2.75, 3.05) is 7.11 Å². The summed E-state index contributed by atoms with van der Waals surface area (Å²) in [5.74, 6) is -1.15. The average Bonchev–Trinajstić information content (AvgIpc) is 2.70. The summed E-state index contributed by atoms with van der Waals surface area (Å²) >= 11 is 0. The van der Waals surface area contributed by atoms with Crippen molar-refractivity contribution < 1.29 is 29.4 Å². The van der Waals surface area contributed by atoms with Crippen LogP contribution in [-0.4, -0.2) is 47.2 Å². The van der Waals surface area contributed by atoms with Crippen LogP contribution in [0.2, 0.25) is 0 Å². The second-order valence-electron chi connectivity index (χ2n) is 5.80. The third-order valence-corrected chi connectivity index (χ3v) is 3.92. The Hall–Kier alpha value is -3.23. The molecule has 0 saturated carbocycles. The summed E-state index contributed by atoms with van der Waals surface area (Å²) in [6, 6.07) is 11.2. The van der Waals surface area contributed by atoms with Gasteiger partial charge in [-0.2, -0.15) is 0 Å². The molecule has 2 aromatic carbocycles. The van der Waals surface area contributed by atoms with Crippen LogP contribution in [0.5, 0.6) is 5.75 Å². The van der Waals surface area contributed by atoms with E-state index < -0.39 is 24.0 Å². The van der Waals surface area contributed by atoms with Gasteiger partial charge in [-0.15, -0.1) is 0 Å². The summed E-state index contributed by atoms with van der Waals surface area (Å²) in [6.07, 6.45) is -1.21. The molecule has 0 saturated heterocycles. The van der Waals surface area contributed by atoms with E-state index in [1.54, 1.807) is 24.3 Å². The van der Waals surface area contributed by atoms with Gasteiger partial charge in [-0.25, -0.2) is 5.48 Å². The predicted molar refractivity (Wildman–Crippen MR) is 95.7 cm³/mol. The minimum atomic E-state index is -1.32. The number of ketones is 1. The van der Waals surface area contributed by atoms with Crippen molar-refractivity contribution in [1.82, 2.24) is 10.8 Å². The molecule has 0 bridgehead atoms. The number of ether oxygens (including phenoxy) is 1. The first-order valence-corrected chi connectivity index (χ1v) is 8.09. The Morgan fingerprint density at radius 1 is 0.926 bits per heavy atom. The second-order valence-corrected chi connectivity index (χ2v) is 5.80. The lowest BCUT2D eigenvalue weighted by molar-refractivity contribution is -0.133. The first-order chi connectivity index (χ1) is 12.9. The van der Waals surface area contributed by atoms with E-state index in [4.69, 9.17) is 9.94 Å². The van der Waals surface area contributed by atoms with Gasteiger partial charge in [-0.05, 0) is 43.3 Å². The minimum absolute atomic E-state index is 0.192. The minimum Gasteiger partial charge on any atom is -0.497 e. The number of aliphatic hydroxyl groups is 1. The van der Waals surface area contributed by atoms with E-state index in [1.807, 2.05) is 0 Å². The van der Waals surface area contributed by atoms with Crippen LogP contribution in [0.1, 0.15) is 33.2 Å². The highest BCUT2D eigenvalue weighted by molar-refractivity contribution is 6.09. The molecule has 0 spiro atoms. The van der Waals surface area contributed by atoms with Crippen molar-refractivity contribution in [2.45, 2.75) is 19.1 Å². The van der Waals surface area contributed by atoms with Crippen LogP contribution in [-0.2, 0) is 4.79 Å². The summed E-state index contributed by atoms with van der Waals surface area (Å²) in [5, 5.41) is 20.5. The van der Waals surface area contributed by atoms with Gasteiger partial charge in [0, 0.05) is 16.7 Å². The molecule has 0 radical (unpaired) electrons. The average molecular weight is 372 g/mol. The molecule has 142 valence electrons. The Labute approximate surface area is 155 Å². The lowest BCUT2D eigenvalue weighted by atomic mass is 10.0. The van der Waals surface area contributed by atoms with E-state index in [2.05, 4.69) is 5.32 Å². The Balaban J connectivity index is 2.12. The maximum absolute atomic E-state index is 12.5. The number of hydroxylamine groups is 1. The van der Waals surface area contributed by atoms with Gasteiger partial charge in [0.25, 0.3) is 11.8 Å². The first-order valence-electron chi connectivity index (χ1n) is 8.09. The van der Waals surface area contributed by atoms with E-state index in [0.29, 0.717) is 16.9 Å². The molecule has 2 rings (SSSR count). The lowest BCUT2D eigenvalue weighted by Crippen LogP contribution is -2.51. The summed E-state index contributed by atoms with van der Waals surface area (Å²) in [6.45, 7) is 1.30. The molecular formula is C19H20N2O6. The van der Waals surface area contributed by atoms with Crippen molar-refractivity contribution in [3.63, 3.8) is 0 Å². The molecule has 4 N–H and O–H groups in total. The first kappa shape index (κ1) is 20.1. The fourth-order valence-electron chi connectivity index (χ4n) is 2.38.